The van der Waals surface area contributed by atoms with Crippen LogP contribution in [0.1, 0.15) is 0 Å². The number of carbonyl (C=O) groups excluding carboxylic acids is 1. The third-order valence-electron chi connectivity index (χ3n) is 3.06. The summed E-state index contributed by atoms with van der Waals surface area (Å²) in [7, 11) is 1.24. The van der Waals surface area contributed by atoms with Crippen molar-refractivity contribution in [1.82, 2.24) is 0 Å². The third-order valence-corrected chi connectivity index (χ3v) is 3.06. The van der Waals surface area contributed by atoms with Crippen LogP contribution in [0.5, 0.6) is 5.75 Å². The first-order chi connectivity index (χ1) is 10.7. The highest BCUT2D eigenvalue weighted by atomic mass is 16.6. The summed E-state index contributed by atoms with van der Waals surface area (Å²) in [5.74, 6) is -0.211. The molecule has 0 radical (unpaired) electrons. The second-order valence-electron chi connectivity index (χ2n) is 4.43. The lowest BCUT2D eigenvalue weighted by atomic mass is 10.2. The van der Waals surface area contributed by atoms with Gasteiger partial charge < -0.3 is 18.3 Å². The van der Waals surface area contributed by atoms with Crippen LogP contribution in [0, 0.1) is 0 Å². The molecule has 0 bridgehead atoms. The maximum atomic E-state index is 12.6. The molecule has 6 heteroatoms. The molecule has 1 aromatic carbocycles. The number of esters is 1. The Balaban J connectivity index is 2.18. The van der Waals surface area contributed by atoms with E-state index in [1.165, 1.54) is 13.4 Å². The van der Waals surface area contributed by atoms with Gasteiger partial charge in [0, 0.05) is 0 Å². The molecule has 0 saturated carbocycles. The SMILES string of the molecule is COC(=O)COc1c(-c2ccco2)oc2ccccc2c1=O. The maximum Gasteiger partial charge on any atom is 0.343 e. The molecule has 3 aromatic rings. The zero-order valence-corrected chi connectivity index (χ0v) is 11.7. The molecule has 0 fully saturated rings. The van der Waals surface area contributed by atoms with E-state index in [-0.39, 0.29) is 16.9 Å². The Kier molecular flexibility index (Phi) is 3.65. The molecule has 0 aliphatic carbocycles. The van der Waals surface area contributed by atoms with Gasteiger partial charge in [-0.15, -0.1) is 0 Å². The summed E-state index contributed by atoms with van der Waals surface area (Å²) >= 11 is 0. The van der Waals surface area contributed by atoms with E-state index in [2.05, 4.69) is 4.74 Å². The number of methoxy groups -OCH3 is 1. The maximum absolute atomic E-state index is 12.6. The van der Waals surface area contributed by atoms with Gasteiger partial charge in [0.1, 0.15) is 5.58 Å². The molecular formula is C16H12O6. The third kappa shape index (κ3) is 2.46. The Morgan fingerprint density at radius 1 is 1.18 bits per heavy atom. The molecule has 0 saturated heterocycles. The lowest BCUT2D eigenvalue weighted by molar-refractivity contribution is -0.142. The molecule has 22 heavy (non-hydrogen) atoms. The molecule has 2 aromatic heterocycles. The van der Waals surface area contributed by atoms with Gasteiger partial charge in [0.15, 0.2) is 12.4 Å². The van der Waals surface area contributed by atoms with Crippen LogP contribution in [-0.2, 0) is 9.53 Å². The molecule has 0 atom stereocenters. The number of para-hydroxylation sites is 1. The molecule has 0 N–H and O–H groups in total. The lowest BCUT2D eigenvalue weighted by Gasteiger charge is -2.09. The second kappa shape index (κ2) is 5.77. The van der Waals surface area contributed by atoms with Gasteiger partial charge in [-0.3, -0.25) is 4.79 Å². The van der Waals surface area contributed by atoms with Gasteiger partial charge in [-0.05, 0) is 24.3 Å². The first-order valence-electron chi connectivity index (χ1n) is 6.50. The molecule has 2 heterocycles. The van der Waals surface area contributed by atoms with Gasteiger partial charge in [-0.25, -0.2) is 4.79 Å². The van der Waals surface area contributed by atoms with Crippen molar-refractivity contribution >= 4 is 16.9 Å². The monoisotopic (exact) mass is 300 g/mol. The van der Waals surface area contributed by atoms with E-state index >= 15 is 0 Å². The van der Waals surface area contributed by atoms with E-state index in [9.17, 15) is 9.59 Å². The first kappa shape index (κ1) is 13.9. The average Bonchev–Trinajstić information content (AvgIpc) is 3.08. The van der Waals surface area contributed by atoms with Crippen LogP contribution in [0.4, 0.5) is 0 Å². The minimum Gasteiger partial charge on any atom is -0.474 e. The molecule has 0 amide bonds. The summed E-state index contributed by atoms with van der Waals surface area (Å²) in [6.07, 6.45) is 1.45. The van der Waals surface area contributed by atoms with Gasteiger partial charge in [-0.1, -0.05) is 12.1 Å². The number of ether oxygens (including phenoxy) is 2. The van der Waals surface area contributed by atoms with Gasteiger partial charge >= 0.3 is 5.97 Å². The highest BCUT2D eigenvalue weighted by Gasteiger charge is 2.20. The predicted molar refractivity (Wildman–Crippen MR) is 77.7 cm³/mol. The number of hydrogen-bond donors (Lipinski definition) is 0. The van der Waals surface area contributed by atoms with Gasteiger partial charge in [-0.2, -0.15) is 0 Å². The first-order valence-corrected chi connectivity index (χ1v) is 6.50. The fourth-order valence-electron chi connectivity index (χ4n) is 2.02. The van der Waals surface area contributed by atoms with Crippen molar-refractivity contribution < 1.29 is 23.1 Å². The lowest BCUT2D eigenvalue weighted by Crippen LogP contribution is -2.17. The zero-order valence-electron chi connectivity index (χ0n) is 11.7. The number of carbonyl (C=O) groups is 1. The van der Waals surface area contributed by atoms with Crippen LogP contribution < -0.4 is 10.2 Å². The van der Waals surface area contributed by atoms with E-state index in [0.29, 0.717) is 16.7 Å². The Morgan fingerprint density at radius 2 is 2.00 bits per heavy atom. The summed E-state index contributed by atoms with van der Waals surface area (Å²) in [6.45, 7) is -0.396. The summed E-state index contributed by atoms with van der Waals surface area (Å²) < 4.78 is 20.8. The minimum atomic E-state index is -0.599. The van der Waals surface area contributed by atoms with Crippen molar-refractivity contribution in [3.8, 4) is 17.3 Å². The number of furan rings is 1. The molecule has 0 unspecified atom stereocenters. The standard InChI is InChI=1S/C16H12O6/c1-19-13(17)9-21-16-14(18)10-5-2-3-6-11(10)22-15(16)12-7-4-8-20-12/h2-8H,9H2,1H3. The van der Waals surface area contributed by atoms with E-state index < -0.39 is 12.6 Å². The summed E-state index contributed by atoms with van der Waals surface area (Å²) in [5.41, 5.74) is 0.0291. The van der Waals surface area contributed by atoms with Crippen molar-refractivity contribution in [3.05, 3.63) is 52.9 Å². The Bertz CT molecular complexity index is 860. The fourth-order valence-corrected chi connectivity index (χ4v) is 2.02. The van der Waals surface area contributed by atoms with Crippen LogP contribution in [0.3, 0.4) is 0 Å². The largest absolute Gasteiger partial charge is 0.474 e. The summed E-state index contributed by atoms with van der Waals surface area (Å²) in [6, 6.07) is 10.1. The zero-order chi connectivity index (χ0) is 15.5. The summed E-state index contributed by atoms with van der Waals surface area (Å²) in [5, 5.41) is 0.359. The van der Waals surface area contributed by atoms with Gasteiger partial charge in [0.25, 0.3) is 0 Å². The highest BCUT2D eigenvalue weighted by Crippen LogP contribution is 2.31. The van der Waals surface area contributed by atoms with Gasteiger partial charge in [0.2, 0.25) is 16.9 Å². The quantitative estimate of drug-likeness (QED) is 0.689. The van der Waals surface area contributed by atoms with Crippen molar-refractivity contribution in [1.29, 1.82) is 0 Å². The van der Waals surface area contributed by atoms with E-state index in [1.54, 1.807) is 36.4 Å². The Hall–Kier alpha value is -3.02. The topological polar surface area (TPSA) is 78.9 Å². The van der Waals surface area contributed by atoms with E-state index in [1.807, 2.05) is 0 Å². The van der Waals surface area contributed by atoms with Crippen molar-refractivity contribution in [2.24, 2.45) is 0 Å². The molecule has 0 spiro atoms. The highest BCUT2D eigenvalue weighted by molar-refractivity contribution is 5.81. The van der Waals surface area contributed by atoms with Gasteiger partial charge in [0.05, 0.1) is 18.8 Å². The molecule has 6 nitrogen and oxygen atoms in total. The van der Waals surface area contributed by atoms with Crippen LogP contribution in [-0.4, -0.2) is 19.7 Å². The number of fused-ring (bicyclic) bond motifs is 1. The number of rotatable bonds is 4. The normalized spacial score (nSPS) is 10.6. The van der Waals surface area contributed by atoms with Crippen LogP contribution in [0.15, 0.2) is 56.3 Å². The number of hydrogen-bond acceptors (Lipinski definition) is 6. The fraction of sp³-hybridized carbons (Fsp3) is 0.125. The van der Waals surface area contributed by atoms with Crippen LogP contribution >= 0.6 is 0 Å². The number of benzene rings is 1. The minimum absolute atomic E-state index is 0.0842. The van der Waals surface area contributed by atoms with Crippen LogP contribution in [0.2, 0.25) is 0 Å². The molecule has 3 rings (SSSR count). The smallest absolute Gasteiger partial charge is 0.343 e. The summed E-state index contributed by atoms with van der Waals surface area (Å²) in [4.78, 5) is 23.8. The second-order valence-corrected chi connectivity index (χ2v) is 4.43. The van der Waals surface area contributed by atoms with Crippen LogP contribution in [0.25, 0.3) is 22.5 Å². The Morgan fingerprint density at radius 3 is 2.73 bits per heavy atom. The predicted octanol–water partition coefficient (Wildman–Crippen LogP) is 2.60. The van der Waals surface area contributed by atoms with Crippen molar-refractivity contribution in [2.45, 2.75) is 0 Å². The van der Waals surface area contributed by atoms with Crippen molar-refractivity contribution in [2.75, 3.05) is 13.7 Å². The Labute approximate surface area is 124 Å². The molecule has 0 aliphatic heterocycles. The van der Waals surface area contributed by atoms with Crippen molar-refractivity contribution in [3.63, 3.8) is 0 Å². The van der Waals surface area contributed by atoms with E-state index in [4.69, 9.17) is 13.6 Å². The molecule has 0 aliphatic rings. The molecular weight excluding hydrogens is 288 g/mol. The average molecular weight is 300 g/mol. The van der Waals surface area contributed by atoms with E-state index in [0.717, 1.165) is 0 Å². The molecule has 112 valence electrons.